The SMILES string of the molecule is N#Cc1cccc(-c2ccc3oc4cc5oc6ccc(-c7cccc(C#N)c7-n7c8ccccc8c8ccccc87)cc6c5cc4c3c2)c1. The molecule has 10 aromatic rings. The van der Waals surface area contributed by atoms with Gasteiger partial charge in [-0.25, -0.2) is 0 Å². The van der Waals surface area contributed by atoms with E-state index in [2.05, 4.69) is 83.4 Å². The summed E-state index contributed by atoms with van der Waals surface area (Å²) in [5.41, 5.74) is 11.2. The van der Waals surface area contributed by atoms with Gasteiger partial charge in [0.15, 0.2) is 0 Å². The van der Waals surface area contributed by atoms with E-state index >= 15 is 0 Å². The van der Waals surface area contributed by atoms with E-state index in [9.17, 15) is 10.5 Å². The van der Waals surface area contributed by atoms with Gasteiger partial charge < -0.3 is 13.4 Å². The number of para-hydroxylation sites is 3. The molecule has 226 valence electrons. The topological polar surface area (TPSA) is 78.8 Å². The summed E-state index contributed by atoms with van der Waals surface area (Å²) in [6, 6.07) is 51.5. The third-order valence-corrected chi connectivity index (χ3v) is 9.66. The molecule has 5 nitrogen and oxygen atoms in total. The molecule has 0 aliphatic rings. The first-order valence-corrected chi connectivity index (χ1v) is 16.0. The Morgan fingerprint density at radius 1 is 0.429 bits per heavy atom. The number of aromatic nitrogens is 1. The van der Waals surface area contributed by atoms with Crippen LogP contribution in [0, 0.1) is 22.7 Å². The van der Waals surface area contributed by atoms with E-state index in [0.29, 0.717) is 11.1 Å². The third-order valence-electron chi connectivity index (χ3n) is 9.66. The first-order valence-electron chi connectivity index (χ1n) is 16.0. The number of nitrogens with zero attached hydrogens (tertiary/aromatic N) is 3. The monoisotopic (exact) mass is 625 g/mol. The van der Waals surface area contributed by atoms with E-state index in [0.717, 1.165) is 93.6 Å². The third kappa shape index (κ3) is 3.97. The highest BCUT2D eigenvalue weighted by molar-refractivity contribution is 6.16. The second kappa shape index (κ2) is 10.2. The predicted molar refractivity (Wildman–Crippen MR) is 196 cm³/mol. The second-order valence-electron chi connectivity index (χ2n) is 12.3. The van der Waals surface area contributed by atoms with Crippen LogP contribution in [0.5, 0.6) is 0 Å². The number of hydrogen-bond acceptors (Lipinski definition) is 4. The molecule has 0 aliphatic carbocycles. The van der Waals surface area contributed by atoms with Gasteiger partial charge in [-0.1, -0.05) is 72.8 Å². The summed E-state index contributed by atoms with van der Waals surface area (Å²) in [5.74, 6) is 0. The highest BCUT2D eigenvalue weighted by Crippen LogP contribution is 2.42. The number of rotatable bonds is 3. The van der Waals surface area contributed by atoms with Gasteiger partial charge in [-0.05, 0) is 77.4 Å². The van der Waals surface area contributed by atoms with Crippen LogP contribution in [0.2, 0.25) is 0 Å². The molecule has 0 fully saturated rings. The molecule has 7 aromatic carbocycles. The highest BCUT2D eigenvalue weighted by Gasteiger charge is 2.20. The fraction of sp³-hybridized carbons (Fsp3) is 0. The minimum Gasteiger partial charge on any atom is -0.456 e. The molecule has 3 heterocycles. The lowest BCUT2D eigenvalue weighted by atomic mass is 9.97. The number of nitriles is 2. The summed E-state index contributed by atoms with van der Waals surface area (Å²) < 4.78 is 14.9. The second-order valence-corrected chi connectivity index (χ2v) is 12.3. The molecule has 0 spiro atoms. The molecule has 49 heavy (non-hydrogen) atoms. The van der Waals surface area contributed by atoms with Gasteiger partial charge in [-0.3, -0.25) is 0 Å². The van der Waals surface area contributed by atoms with Crippen molar-refractivity contribution in [1.82, 2.24) is 4.57 Å². The zero-order valence-corrected chi connectivity index (χ0v) is 25.9. The largest absolute Gasteiger partial charge is 0.456 e. The molecule has 0 atom stereocenters. The summed E-state index contributed by atoms with van der Waals surface area (Å²) >= 11 is 0. The van der Waals surface area contributed by atoms with Crippen LogP contribution in [-0.2, 0) is 0 Å². The number of fused-ring (bicyclic) bond motifs is 9. The van der Waals surface area contributed by atoms with Crippen LogP contribution in [0.25, 0.3) is 93.6 Å². The molecule has 0 aliphatic heterocycles. The van der Waals surface area contributed by atoms with E-state index in [1.807, 2.05) is 72.8 Å². The average molecular weight is 626 g/mol. The maximum absolute atomic E-state index is 10.4. The Bertz CT molecular complexity index is 3030. The van der Waals surface area contributed by atoms with E-state index in [4.69, 9.17) is 8.83 Å². The zero-order valence-electron chi connectivity index (χ0n) is 25.9. The highest BCUT2D eigenvalue weighted by atomic mass is 16.3. The summed E-state index contributed by atoms with van der Waals surface area (Å²) in [6.45, 7) is 0. The van der Waals surface area contributed by atoms with Crippen LogP contribution < -0.4 is 0 Å². The smallest absolute Gasteiger partial charge is 0.139 e. The molecule has 0 unspecified atom stereocenters. The number of benzene rings is 7. The van der Waals surface area contributed by atoms with Gasteiger partial charge in [0.2, 0.25) is 0 Å². The van der Waals surface area contributed by atoms with Gasteiger partial charge in [0.05, 0.1) is 33.9 Å². The minimum absolute atomic E-state index is 0.601. The standard InChI is InChI=1S/C44H23N3O2/c45-24-26-7-5-8-27(19-26)28-15-17-40-34(20-28)36-22-37-35-21-29(16-18-41(35)49-43(37)23-42(36)48-40)31-12-6-9-30(25-46)44(31)47-38-13-3-1-10-32(38)33-11-2-4-14-39(33)47/h1-23H. The number of hydrogen-bond donors (Lipinski definition) is 0. The predicted octanol–water partition coefficient (Wildman–Crippen LogP) is 11.7. The van der Waals surface area contributed by atoms with E-state index < -0.39 is 0 Å². The van der Waals surface area contributed by atoms with Gasteiger partial charge >= 0.3 is 0 Å². The van der Waals surface area contributed by atoms with Crippen molar-refractivity contribution in [1.29, 1.82) is 10.5 Å². The maximum Gasteiger partial charge on any atom is 0.139 e. The molecule has 0 saturated carbocycles. The molecule has 5 heteroatoms. The fourth-order valence-corrected chi connectivity index (χ4v) is 7.43. The van der Waals surface area contributed by atoms with Gasteiger partial charge in [0, 0.05) is 43.9 Å². The summed E-state index contributed by atoms with van der Waals surface area (Å²) in [4.78, 5) is 0. The first-order chi connectivity index (χ1) is 24.2. The van der Waals surface area contributed by atoms with E-state index in [1.54, 1.807) is 0 Å². The lowest BCUT2D eigenvalue weighted by molar-refractivity contribution is 0.656. The van der Waals surface area contributed by atoms with Crippen LogP contribution in [0.15, 0.2) is 148 Å². The Morgan fingerprint density at radius 3 is 1.69 bits per heavy atom. The normalized spacial score (nSPS) is 11.6. The van der Waals surface area contributed by atoms with Crippen LogP contribution in [-0.4, -0.2) is 4.57 Å². The van der Waals surface area contributed by atoms with Crippen LogP contribution in [0.1, 0.15) is 11.1 Å². The molecule has 3 aromatic heterocycles. The molecule has 10 rings (SSSR count). The Hall–Kier alpha value is -7.08. The summed E-state index contributed by atoms with van der Waals surface area (Å²) in [5, 5.41) is 26.1. The molecule has 0 amide bonds. The van der Waals surface area contributed by atoms with Crippen molar-refractivity contribution < 1.29 is 8.83 Å². The Labute approximate surface area is 279 Å². The molecule has 0 saturated heterocycles. The van der Waals surface area contributed by atoms with E-state index in [1.165, 1.54) is 0 Å². The van der Waals surface area contributed by atoms with Gasteiger partial charge in [-0.2, -0.15) is 10.5 Å². The summed E-state index contributed by atoms with van der Waals surface area (Å²) in [7, 11) is 0. The van der Waals surface area contributed by atoms with Crippen molar-refractivity contribution in [2.45, 2.75) is 0 Å². The van der Waals surface area contributed by atoms with Crippen molar-refractivity contribution in [3.05, 3.63) is 151 Å². The molecule has 0 radical (unpaired) electrons. The Balaban J connectivity index is 1.20. The first kappa shape index (κ1) is 27.1. The fourth-order valence-electron chi connectivity index (χ4n) is 7.43. The van der Waals surface area contributed by atoms with Crippen molar-refractivity contribution >= 4 is 65.7 Å². The van der Waals surface area contributed by atoms with Crippen molar-refractivity contribution in [3.63, 3.8) is 0 Å². The van der Waals surface area contributed by atoms with Gasteiger partial charge in [-0.15, -0.1) is 0 Å². The molecular formula is C44H23N3O2. The quantitative estimate of drug-likeness (QED) is 0.196. The van der Waals surface area contributed by atoms with Crippen LogP contribution in [0.3, 0.4) is 0 Å². The molecule has 0 bridgehead atoms. The Kier molecular flexibility index (Phi) is 5.64. The lowest BCUT2D eigenvalue weighted by Gasteiger charge is -2.16. The molecule has 0 N–H and O–H groups in total. The minimum atomic E-state index is 0.601. The van der Waals surface area contributed by atoms with Gasteiger partial charge in [0.1, 0.15) is 28.4 Å². The van der Waals surface area contributed by atoms with E-state index in [-0.39, 0.29) is 0 Å². The summed E-state index contributed by atoms with van der Waals surface area (Å²) in [6.07, 6.45) is 0. The van der Waals surface area contributed by atoms with Crippen LogP contribution in [0.4, 0.5) is 0 Å². The zero-order chi connectivity index (χ0) is 32.6. The van der Waals surface area contributed by atoms with Crippen molar-refractivity contribution in [2.24, 2.45) is 0 Å². The van der Waals surface area contributed by atoms with Gasteiger partial charge in [0.25, 0.3) is 0 Å². The average Bonchev–Trinajstić information content (AvgIpc) is 3.81. The number of furan rings is 2. The van der Waals surface area contributed by atoms with Crippen LogP contribution >= 0.6 is 0 Å². The Morgan fingerprint density at radius 2 is 1.02 bits per heavy atom. The lowest BCUT2D eigenvalue weighted by Crippen LogP contribution is -2.00. The van der Waals surface area contributed by atoms with Crippen molar-refractivity contribution in [2.75, 3.05) is 0 Å². The van der Waals surface area contributed by atoms with Crippen molar-refractivity contribution in [3.8, 4) is 40.1 Å². The molecular weight excluding hydrogens is 603 g/mol. The maximum atomic E-state index is 10.4.